The van der Waals surface area contributed by atoms with Crippen molar-refractivity contribution >= 4 is 17.5 Å². The molecule has 7 heteroatoms. The average molecular weight is 349 g/mol. The molecule has 1 N–H and O–H groups in total. The van der Waals surface area contributed by atoms with Gasteiger partial charge in [0.2, 0.25) is 11.8 Å². The van der Waals surface area contributed by atoms with Gasteiger partial charge in [-0.15, -0.1) is 0 Å². The summed E-state index contributed by atoms with van der Waals surface area (Å²) in [6.45, 7) is 5.33. The van der Waals surface area contributed by atoms with Crippen molar-refractivity contribution in [1.29, 1.82) is 0 Å². The molecule has 2 fully saturated rings. The van der Waals surface area contributed by atoms with Gasteiger partial charge in [-0.1, -0.05) is 0 Å². The lowest BCUT2D eigenvalue weighted by molar-refractivity contribution is -0.126. The summed E-state index contributed by atoms with van der Waals surface area (Å²) in [4.78, 5) is 28.3. The first-order valence-corrected chi connectivity index (χ1v) is 8.77. The number of carbonyl (C=O) groups is 2. The second-order valence-electron chi connectivity index (χ2n) is 6.48. The maximum atomic E-state index is 13.0. The molecule has 2 heterocycles. The van der Waals surface area contributed by atoms with Crippen LogP contribution < -0.4 is 10.2 Å². The summed E-state index contributed by atoms with van der Waals surface area (Å²) in [5.74, 6) is -0.870. The SMILES string of the molecule is O=C(NCCCN1CCOCC1)[C@@H]1CC(=O)N(c2ccc(F)cc2)C1. The van der Waals surface area contributed by atoms with Gasteiger partial charge in [0.05, 0.1) is 19.1 Å². The lowest BCUT2D eigenvalue weighted by Crippen LogP contribution is -2.39. The number of nitrogens with zero attached hydrogens (tertiary/aromatic N) is 2. The van der Waals surface area contributed by atoms with Crippen LogP contribution in [-0.4, -0.2) is 62.7 Å². The van der Waals surface area contributed by atoms with E-state index in [2.05, 4.69) is 10.2 Å². The van der Waals surface area contributed by atoms with Crippen molar-refractivity contribution in [3.8, 4) is 0 Å². The van der Waals surface area contributed by atoms with Crippen molar-refractivity contribution in [3.05, 3.63) is 30.1 Å². The zero-order valence-corrected chi connectivity index (χ0v) is 14.2. The minimum atomic E-state index is -0.346. The number of halogens is 1. The second kappa shape index (κ2) is 8.40. The molecule has 0 spiro atoms. The van der Waals surface area contributed by atoms with Crippen LogP contribution in [0.4, 0.5) is 10.1 Å². The van der Waals surface area contributed by atoms with Crippen LogP contribution in [-0.2, 0) is 14.3 Å². The molecular formula is C18H24FN3O3. The predicted molar refractivity (Wildman–Crippen MR) is 91.7 cm³/mol. The van der Waals surface area contributed by atoms with Crippen molar-refractivity contribution in [2.75, 3.05) is 50.8 Å². The highest BCUT2D eigenvalue weighted by Crippen LogP contribution is 2.25. The number of carbonyl (C=O) groups excluding carboxylic acids is 2. The van der Waals surface area contributed by atoms with Crippen LogP contribution in [0.5, 0.6) is 0 Å². The molecule has 1 aromatic carbocycles. The molecule has 0 radical (unpaired) electrons. The number of rotatable bonds is 6. The molecule has 1 atom stereocenters. The highest BCUT2D eigenvalue weighted by molar-refractivity contribution is 6.00. The Labute approximate surface area is 146 Å². The smallest absolute Gasteiger partial charge is 0.227 e. The number of hydrogen-bond donors (Lipinski definition) is 1. The molecule has 1 aromatic rings. The van der Waals surface area contributed by atoms with E-state index in [4.69, 9.17) is 4.74 Å². The third kappa shape index (κ3) is 4.76. The number of benzene rings is 1. The number of amides is 2. The fraction of sp³-hybridized carbons (Fsp3) is 0.556. The van der Waals surface area contributed by atoms with Gasteiger partial charge in [0.15, 0.2) is 0 Å². The highest BCUT2D eigenvalue weighted by atomic mass is 19.1. The molecule has 25 heavy (non-hydrogen) atoms. The zero-order valence-electron chi connectivity index (χ0n) is 14.2. The van der Waals surface area contributed by atoms with E-state index >= 15 is 0 Å². The Hall–Kier alpha value is -1.99. The first-order valence-electron chi connectivity index (χ1n) is 8.77. The minimum absolute atomic E-state index is 0.0834. The predicted octanol–water partition coefficient (Wildman–Crippen LogP) is 1.02. The van der Waals surface area contributed by atoms with Gasteiger partial charge >= 0.3 is 0 Å². The molecule has 0 bridgehead atoms. The highest BCUT2D eigenvalue weighted by Gasteiger charge is 2.34. The van der Waals surface area contributed by atoms with Crippen LogP contribution in [0.1, 0.15) is 12.8 Å². The van der Waals surface area contributed by atoms with Gasteiger partial charge in [0.1, 0.15) is 5.82 Å². The van der Waals surface area contributed by atoms with E-state index in [1.807, 2.05) is 0 Å². The van der Waals surface area contributed by atoms with Gasteiger partial charge < -0.3 is 15.0 Å². The Morgan fingerprint density at radius 2 is 1.96 bits per heavy atom. The fourth-order valence-corrected chi connectivity index (χ4v) is 3.24. The summed E-state index contributed by atoms with van der Waals surface area (Å²) in [5.41, 5.74) is 0.633. The molecule has 2 aliphatic heterocycles. The summed E-state index contributed by atoms with van der Waals surface area (Å²) in [6.07, 6.45) is 1.08. The summed E-state index contributed by atoms with van der Waals surface area (Å²) in [5, 5.41) is 2.93. The standard InChI is InChI=1S/C18H24FN3O3/c19-15-2-4-16(5-3-15)22-13-14(12-17(22)23)18(24)20-6-1-7-21-8-10-25-11-9-21/h2-5,14H,1,6-13H2,(H,20,24)/t14-/m1/s1. The van der Waals surface area contributed by atoms with Crippen molar-refractivity contribution in [3.63, 3.8) is 0 Å². The van der Waals surface area contributed by atoms with Crippen LogP contribution in [0, 0.1) is 11.7 Å². The van der Waals surface area contributed by atoms with Gasteiger partial charge in [-0.3, -0.25) is 14.5 Å². The first kappa shape index (κ1) is 17.8. The van der Waals surface area contributed by atoms with E-state index in [1.165, 1.54) is 12.1 Å². The minimum Gasteiger partial charge on any atom is -0.379 e. The molecular weight excluding hydrogens is 325 g/mol. The Morgan fingerprint density at radius 1 is 1.24 bits per heavy atom. The maximum Gasteiger partial charge on any atom is 0.227 e. The van der Waals surface area contributed by atoms with Gasteiger partial charge in [-0.05, 0) is 37.2 Å². The van der Waals surface area contributed by atoms with Crippen LogP contribution in [0.2, 0.25) is 0 Å². The number of morpholine rings is 1. The Bertz CT molecular complexity index is 602. The Kier molecular flexibility index (Phi) is 5.99. The topological polar surface area (TPSA) is 61.9 Å². The zero-order chi connectivity index (χ0) is 17.6. The fourth-order valence-electron chi connectivity index (χ4n) is 3.24. The molecule has 0 aromatic heterocycles. The largest absolute Gasteiger partial charge is 0.379 e. The lowest BCUT2D eigenvalue weighted by atomic mass is 10.1. The summed E-state index contributed by atoms with van der Waals surface area (Å²) < 4.78 is 18.3. The summed E-state index contributed by atoms with van der Waals surface area (Å²) >= 11 is 0. The number of nitrogens with one attached hydrogen (secondary N) is 1. The van der Waals surface area contributed by atoms with Crippen LogP contribution >= 0.6 is 0 Å². The molecule has 0 unspecified atom stereocenters. The number of anilines is 1. The molecule has 6 nitrogen and oxygen atoms in total. The maximum absolute atomic E-state index is 13.0. The third-order valence-corrected chi connectivity index (χ3v) is 4.69. The second-order valence-corrected chi connectivity index (χ2v) is 6.48. The van der Waals surface area contributed by atoms with Gasteiger partial charge in [-0.25, -0.2) is 4.39 Å². The van der Waals surface area contributed by atoms with Crippen molar-refractivity contribution in [2.45, 2.75) is 12.8 Å². The number of hydrogen-bond acceptors (Lipinski definition) is 4. The third-order valence-electron chi connectivity index (χ3n) is 4.69. The molecule has 0 saturated carbocycles. The van der Waals surface area contributed by atoms with Crippen LogP contribution in [0.25, 0.3) is 0 Å². The molecule has 2 saturated heterocycles. The monoisotopic (exact) mass is 349 g/mol. The van der Waals surface area contributed by atoms with Crippen molar-refractivity contribution < 1.29 is 18.7 Å². The lowest BCUT2D eigenvalue weighted by Gasteiger charge is -2.26. The quantitative estimate of drug-likeness (QED) is 0.779. The van der Waals surface area contributed by atoms with Gasteiger partial charge in [0, 0.05) is 38.3 Å². The van der Waals surface area contributed by atoms with Crippen LogP contribution in [0.15, 0.2) is 24.3 Å². The molecule has 2 amide bonds. The first-order chi connectivity index (χ1) is 12.1. The molecule has 136 valence electrons. The van der Waals surface area contributed by atoms with Gasteiger partial charge in [-0.2, -0.15) is 0 Å². The number of ether oxygens (including phenoxy) is 1. The molecule has 3 rings (SSSR count). The van der Waals surface area contributed by atoms with E-state index in [0.29, 0.717) is 18.8 Å². The average Bonchev–Trinajstić information content (AvgIpc) is 3.02. The molecule has 2 aliphatic rings. The van der Waals surface area contributed by atoms with Crippen LogP contribution in [0.3, 0.4) is 0 Å². The van der Waals surface area contributed by atoms with E-state index in [9.17, 15) is 14.0 Å². The van der Waals surface area contributed by atoms with Crippen molar-refractivity contribution in [2.24, 2.45) is 5.92 Å². The van der Waals surface area contributed by atoms with E-state index < -0.39 is 0 Å². The van der Waals surface area contributed by atoms with E-state index in [-0.39, 0.29) is 30.0 Å². The summed E-state index contributed by atoms with van der Waals surface area (Å²) in [6, 6.07) is 5.77. The Morgan fingerprint density at radius 3 is 2.68 bits per heavy atom. The van der Waals surface area contributed by atoms with Gasteiger partial charge in [0.25, 0.3) is 0 Å². The van der Waals surface area contributed by atoms with Crippen molar-refractivity contribution in [1.82, 2.24) is 10.2 Å². The van der Waals surface area contributed by atoms with E-state index in [1.54, 1.807) is 17.0 Å². The Balaban J connectivity index is 1.42. The normalized spacial score (nSPS) is 21.6. The molecule has 0 aliphatic carbocycles. The summed E-state index contributed by atoms with van der Waals surface area (Å²) in [7, 11) is 0. The van der Waals surface area contributed by atoms with E-state index in [0.717, 1.165) is 39.3 Å².